The number of aromatic carboxylic acids is 1. The van der Waals surface area contributed by atoms with Gasteiger partial charge in [0.2, 0.25) is 0 Å². The van der Waals surface area contributed by atoms with Crippen molar-refractivity contribution in [2.45, 2.75) is 25.7 Å². The van der Waals surface area contributed by atoms with Gasteiger partial charge in [0.05, 0.1) is 6.61 Å². The molecule has 1 heterocycles. The molecule has 2 rings (SSSR count). The highest BCUT2D eigenvalue weighted by atomic mass is 16.5. The Balaban J connectivity index is 1.83. The minimum atomic E-state index is -1.02. The van der Waals surface area contributed by atoms with Crippen LogP contribution in [0, 0.1) is 5.92 Å². The van der Waals surface area contributed by atoms with Crippen LogP contribution in [0.3, 0.4) is 0 Å². The van der Waals surface area contributed by atoms with Crippen molar-refractivity contribution in [2.75, 3.05) is 6.61 Å². The quantitative estimate of drug-likeness (QED) is 0.829. The predicted octanol–water partition coefficient (Wildman–Crippen LogP) is 2.35. The van der Waals surface area contributed by atoms with Crippen molar-refractivity contribution in [3.8, 4) is 5.75 Å². The number of hydrogen-bond acceptors (Lipinski definition) is 3. The van der Waals surface area contributed by atoms with Crippen LogP contribution < -0.4 is 4.74 Å². The molecule has 4 heteroatoms. The summed E-state index contributed by atoms with van der Waals surface area (Å²) in [6.07, 6.45) is 6.47. The van der Waals surface area contributed by atoms with Crippen molar-refractivity contribution >= 4 is 5.97 Å². The van der Waals surface area contributed by atoms with E-state index in [0.717, 1.165) is 12.3 Å². The minimum Gasteiger partial charge on any atom is -0.493 e. The summed E-state index contributed by atoms with van der Waals surface area (Å²) in [6.45, 7) is 0.660. The van der Waals surface area contributed by atoms with E-state index in [9.17, 15) is 4.79 Å². The second-order valence-electron chi connectivity index (χ2n) is 4.12. The first-order valence-electron chi connectivity index (χ1n) is 5.58. The molecule has 16 heavy (non-hydrogen) atoms. The topological polar surface area (TPSA) is 59.4 Å². The van der Waals surface area contributed by atoms with Crippen LogP contribution in [0.4, 0.5) is 0 Å². The first-order chi connectivity index (χ1) is 7.75. The maximum absolute atomic E-state index is 10.7. The number of ether oxygens (including phenoxy) is 1. The lowest BCUT2D eigenvalue weighted by atomic mass is 9.83. The van der Waals surface area contributed by atoms with Crippen LogP contribution in [0.25, 0.3) is 0 Å². The van der Waals surface area contributed by atoms with E-state index in [1.165, 1.54) is 31.5 Å². The van der Waals surface area contributed by atoms with Crippen molar-refractivity contribution in [1.82, 2.24) is 4.98 Å². The molecule has 1 saturated carbocycles. The van der Waals surface area contributed by atoms with Crippen molar-refractivity contribution in [3.63, 3.8) is 0 Å². The lowest BCUT2D eigenvalue weighted by Gasteiger charge is -2.24. The average molecular weight is 221 g/mol. The molecular weight excluding hydrogens is 206 g/mol. The first-order valence-corrected chi connectivity index (χ1v) is 5.58. The van der Waals surface area contributed by atoms with Crippen LogP contribution in [0.15, 0.2) is 18.3 Å². The van der Waals surface area contributed by atoms with Crippen LogP contribution in [0.5, 0.6) is 5.75 Å². The molecule has 1 N–H and O–H groups in total. The van der Waals surface area contributed by atoms with Gasteiger partial charge in [0.25, 0.3) is 0 Å². The Hall–Kier alpha value is -1.58. The highest BCUT2D eigenvalue weighted by molar-refractivity contribution is 5.85. The largest absolute Gasteiger partial charge is 0.493 e. The normalized spacial score (nSPS) is 15.5. The third-order valence-corrected chi connectivity index (χ3v) is 2.97. The molecule has 86 valence electrons. The molecule has 1 fully saturated rings. The van der Waals surface area contributed by atoms with Gasteiger partial charge in [-0.05, 0) is 18.4 Å². The molecule has 1 aliphatic carbocycles. The lowest BCUT2D eigenvalue weighted by molar-refractivity contribution is 0.0690. The summed E-state index contributed by atoms with van der Waals surface area (Å²) in [5.41, 5.74) is 0.0288. The third kappa shape index (κ3) is 2.72. The van der Waals surface area contributed by atoms with Crippen molar-refractivity contribution in [3.05, 3.63) is 24.0 Å². The fourth-order valence-corrected chi connectivity index (χ4v) is 1.74. The Morgan fingerprint density at radius 1 is 1.56 bits per heavy atom. The van der Waals surface area contributed by atoms with E-state index in [4.69, 9.17) is 9.84 Å². The molecule has 0 aromatic carbocycles. The number of rotatable bonds is 5. The smallest absolute Gasteiger partial charge is 0.354 e. The Labute approximate surface area is 94.3 Å². The Kier molecular flexibility index (Phi) is 3.39. The number of carboxylic acids is 1. The van der Waals surface area contributed by atoms with Gasteiger partial charge in [-0.15, -0.1) is 0 Å². The fourth-order valence-electron chi connectivity index (χ4n) is 1.74. The molecule has 0 atom stereocenters. The second-order valence-corrected chi connectivity index (χ2v) is 4.12. The van der Waals surface area contributed by atoms with Crippen LogP contribution >= 0.6 is 0 Å². The molecule has 1 aromatic rings. The summed E-state index contributed by atoms with van der Waals surface area (Å²) in [6, 6.07) is 3.15. The highest BCUT2D eigenvalue weighted by Crippen LogP contribution is 2.29. The fraction of sp³-hybridized carbons (Fsp3) is 0.500. The number of nitrogens with zero attached hydrogens (tertiary/aromatic N) is 1. The zero-order valence-corrected chi connectivity index (χ0v) is 9.06. The third-order valence-electron chi connectivity index (χ3n) is 2.97. The zero-order chi connectivity index (χ0) is 11.4. The molecule has 1 aliphatic rings. The number of aromatic nitrogens is 1. The van der Waals surface area contributed by atoms with Gasteiger partial charge in [-0.1, -0.05) is 19.3 Å². The Morgan fingerprint density at radius 3 is 3.00 bits per heavy atom. The molecule has 4 nitrogen and oxygen atoms in total. The molecule has 0 spiro atoms. The number of pyridine rings is 1. The molecule has 0 radical (unpaired) electrons. The van der Waals surface area contributed by atoms with Gasteiger partial charge in [-0.2, -0.15) is 0 Å². The summed E-state index contributed by atoms with van der Waals surface area (Å²) in [5.74, 6) is 0.372. The molecule has 0 bridgehead atoms. The standard InChI is InChI=1S/C12H15NO3/c14-12(15)11-8-10(4-6-13-11)16-7-5-9-2-1-3-9/h4,6,8-9H,1-3,5,7H2,(H,14,15). The minimum absolute atomic E-state index is 0.0288. The number of hydrogen-bond donors (Lipinski definition) is 1. The maximum Gasteiger partial charge on any atom is 0.354 e. The Morgan fingerprint density at radius 2 is 2.38 bits per heavy atom. The van der Waals surface area contributed by atoms with Gasteiger partial charge < -0.3 is 9.84 Å². The van der Waals surface area contributed by atoms with Gasteiger partial charge >= 0.3 is 5.97 Å². The van der Waals surface area contributed by atoms with E-state index in [-0.39, 0.29) is 5.69 Å². The second kappa shape index (κ2) is 4.96. The average Bonchev–Trinajstić information content (AvgIpc) is 2.22. The molecule has 1 aromatic heterocycles. The van der Waals surface area contributed by atoms with E-state index >= 15 is 0 Å². The monoisotopic (exact) mass is 221 g/mol. The highest BCUT2D eigenvalue weighted by Gasteiger charge is 2.16. The number of carboxylic acid groups (broad SMARTS) is 1. The summed E-state index contributed by atoms with van der Waals surface area (Å²) in [4.78, 5) is 14.4. The van der Waals surface area contributed by atoms with Gasteiger partial charge in [-0.25, -0.2) is 9.78 Å². The van der Waals surface area contributed by atoms with Gasteiger partial charge in [-0.3, -0.25) is 0 Å². The van der Waals surface area contributed by atoms with Crippen LogP contribution in [-0.2, 0) is 0 Å². The molecule has 0 saturated heterocycles. The van der Waals surface area contributed by atoms with Crippen molar-refractivity contribution in [2.24, 2.45) is 5.92 Å². The van der Waals surface area contributed by atoms with E-state index in [2.05, 4.69) is 4.98 Å². The number of carbonyl (C=O) groups is 1. The maximum atomic E-state index is 10.7. The van der Waals surface area contributed by atoms with Gasteiger partial charge in [0.1, 0.15) is 5.75 Å². The molecule has 0 unspecified atom stereocenters. The molecule has 0 amide bonds. The van der Waals surface area contributed by atoms with E-state index < -0.39 is 5.97 Å². The molecular formula is C12H15NO3. The summed E-state index contributed by atoms with van der Waals surface area (Å²) < 4.78 is 5.50. The van der Waals surface area contributed by atoms with Crippen molar-refractivity contribution < 1.29 is 14.6 Å². The van der Waals surface area contributed by atoms with E-state index in [0.29, 0.717) is 12.4 Å². The lowest BCUT2D eigenvalue weighted by Crippen LogP contribution is -2.14. The summed E-state index contributed by atoms with van der Waals surface area (Å²) in [7, 11) is 0. The first kappa shape index (κ1) is 10.9. The van der Waals surface area contributed by atoms with Crippen LogP contribution in [-0.4, -0.2) is 22.7 Å². The van der Waals surface area contributed by atoms with E-state index in [1.807, 2.05) is 0 Å². The Bertz CT molecular complexity index is 374. The van der Waals surface area contributed by atoms with Crippen LogP contribution in [0.1, 0.15) is 36.2 Å². The zero-order valence-electron chi connectivity index (χ0n) is 9.06. The summed E-state index contributed by atoms with van der Waals surface area (Å²) in [5, 5.41) is 8.75. The molecule has 0 aliphatic heterocycles. The predicted molar refractivity (Wildman–Crippen MR) is 58.6 cm³/mol. The van der Waals surface area contributed by atoms with E-state index in [1.54, 1.807) is 6.07 Å². The SMILES string of the molecule is O=C(O)c1cc(OCCC2CCC2)ccn1. The van der Waals surface area contributed by atoms with Gasteiger partial charge in [0, 0.05) is 12.3 Å². The van der Waals surface area contributed by atoms with Crippen molar-refractivity contribution in [1.29, 1.82) is 0 Å². The summed E-state index contributed by atoms with van der Waals surface area (Å²) >= 11 is 0. The van der Waals surface area contributed by atoms with Crippen LogP contribution in [0.2, 0.25) is 0 Å². The van der Waals surface area contributed by atoms with Gasteiger partial charge in [0.15, 0.2) is 5.69 Å².